The van der Waals surface area contributed by atoms with Crippen molar-refractivity contribution in [1.82, 2.24) is 5.32 Å². The summed E-state index contributed by atoms with van der Waals surface area (Å²) in [6, 6.07) is 0. The Hall–Kier alpha value is -0.420. The molecule has 0 aromatic heterocycles. The van der Waals surface area contributed by atoms with E-state index in [2.05, 4.69) is 12.2 Å². The molecule has 29 heavy (non-hydrogen) atoms. The molecule has 2 unspecified atom stereocenters. The molecule has 1 saturated heterocycles. The first-order chi connectivity index (χ1) is 14.3. The summed E-state index contributed by atoms with van der Waals surface area (Å²) in [5.74, 6) is 1.28. The number of amides is 1. The van der Waals surface area contributed by atoms with Crippen LogP contribution in [-0.4, -0.2) is 42.0 Å². The normalized spacial score (nSPS) is 18.4. The van der Waals surface area contributed by atoms with Gasteiger partial charge in [-0.3, -0.25) is 0 Å². The maximum Gasteiger partial charge on any atom is 0.407 e. The molecule has 1 aliphatic rings. The first kappa shape index (κ1) is 26.6. The molecule has 2 atom stereocenters. The van der Waals surface area contributed by atoms with Crippen LogP contribution in [0.5, 0.6) is 0 Å². The van der Waals surface area contributed by atoms with Gasteiger partial charge < -0.3 is 15.2 Å². The first-order valence-electron chi connectivity index (χ1n) is 12.4. The quantitative estimate of drug-likeness (QED) is 0.211. The first-order valence-corrected chi connectivity index (χ1v) is 13.5. The summed E-state index contributed by atoms with van der Waals surface area (Å²) in [5, 5.41) is 12.2. The zero-order chi connectivity index (χ0) is 21.0. The third-order valence-electron chi connectivity index (χ3n) is 5.96. The highest BCUT2D eigenvalue weighted by Crippen LogP contribution is 2.34. The number of aliphatic hydroxyl groups excluding tert-OH is 1. The van der Waals surface area contributed by atoms with Crippen LogP contribution in [0.4, 0.5) is 4.79 Å². The molecule has 4 nitrogen and oxygen atoms in total. The largest absolute Gasteiger partial charge is 0.448 e. The van der Waals surface area contributed by atoms with E-state index in [9.17, 15) is 4.79 Å². The predicted octanol–water partition coefficient (Wildman–Crippen LogP) is 6.70. The van der Waals surface area contributed by atoms with E-state index in [1.165, 1.54) is 96.3 Å². The molecule has 2 N–H and O–H groups in total. The number of carbonyl (C=O) groups is 1. The Labute approximate surface area is 184 Å². The molecule has 0 bridgehead atoms. The number of carbonyl (C=O) groups excluding carboxylic acids is 1. The van der Waals surface area contributed by atoms with Crippen LogP contribution < -0.4 is 5.32 Å². The third-order valence-corrected chi connectivity index (χ3v) is 7.53. The zero-order valence-electron chi connectivity index (χ0n) is 19.0. The van der Waals surface area contributed by atoms with Crippen molar-refractivity contribution in [2.45, 2.75) is 115 Å². The molecule has 172 valence electrons. The van der Waals surface area contributed by atoms with E-state index in [-0.39, 0.29) is 18.0 Å². The van der Waals surface area contributed by atoms with Gasteiger partial charge in [0.15, 0.2) is 0 Å². The lowest BCUT2D eigenvalue weighted by molar-refractivity contribution is 0.130. The summed E-state index contributed by atoms with van der Waals surface area (Å²) in [7, 11) is 0. The fraction of sp³-hybridized carbons (Fsp3) is 0.958. The van der Waals surface area contributed by atoms with Gasteiger partial charge in [-0.2, -0.15) is 11.8 Å². The van der Waals surface area contributed by atoms with Crippen LogP contribution in [0.1, 0.15) is 110 Å². The Balaban J connectivity index is 1.71. The molecule has 0 aliphatic carbocycles. The lowest BCUT2D eigenvalue weighted by atomic mass is 10.0. The van der Waals surface area contributed by atoms with Gasteiger partial charge in [-0.15, -0.1) is 0 Å². The summed E-state index contributed by atoms with van der Waals surface area (Å²) in [6.07, 6.45) is 21.4. The second-order valence-electron chi connectivity index (χ2n) is 8.64. The van der Waals surface area contributed by atoms with Gasteiger partial charge in [0.1, 0.15) is 6.61 Å². The SMILES string of the molecule is CCCCCCCCCCCCCCCCCCNC(=O)OCC1SCC1CO. The van der Waals surface area contributed by atoms with Gasteiger partial charge in [0.2, 0.25) is 0 Å². The summed E-state index contributed by atoms with van der Waals surface area (Å²) in [4.78, 5) is 11.6. The molecular formula is C24H47NO3S. The van der Waals surface area contributed by atoms with Crippen molar-refractivity contribution in [1.29, 1.82) is 0 Å². The monoisotopic (exact) mass is 429 g/mol. The molecule has 5 heteroatoms. The van der Waals surface area contributed by atoms with E-state index in [0.29, 0.717) is 19.1 Å². The Morgan fingerprint density at radius 3 is 1.76 bits per heavy atom. The number of alkyl carbamates (subject to hydrolysis) is 1. The van der Waals surface area contributed by atoms with E-state index in [4.69, 9.17) is 9.84 Å². The van der Waals surface area contributed by atoms with Gasteiger partial charge in [0, 0.05) is 24.3 Å². The predicted molar refractivity (Wildman–Crippen MR) is 126 cm³/mol. The Morgan fingerprint density at radius 2 is 1.34 bits per heavy atom. The standard InChI is InChI=1S/C24H47NO3S/c1-2-3-4-5-6-7-8-9-10-11-12-13-14-15-16-17-18-25-24(27)28-20-23-22(19-26)21-29-23/h22-23,26H,2-21H2,1H3,(H,25,27). The number of rotatable bonds is 20. The molecular weight excluding hydrogens is 382 g/mol. The molecule has 1 heterocycles. The number of thioether (sulfide) groups is 1. The number of ether oxygens (including phenoxy) is 1. The molecule has 0 aromatic carbocycles. The minimum Gasteiger partial charge on any atom is -0.448 e. The molecule has 0 saturated carbocycles. The van der Waals surface area contributed by atoms with Crippen molar-refractivity contribution in [2.24, 2.45) is 5.92 Å². The van der Waals surface area contributed by atoms with E-state index in [1.807, 2.05) is 0 Å². The van der Waals surface area contributed by atoms with Crippen LogP contribution in [0.15, 0.2) is 0 Å². The molecule has 0 aromatic rings. The molecule has 0 spiro atoms. The zero-order valence-corrected chi connectivity index (χ0v) is 19.8. The number of unbranched alkanes of at least 4 members (excludes halogenated alkanes) is 15. The molecule has 1 rings (SSSR count). The Morgan fingerprint density at radius 1 is 0.862 bits per heavy atom. The second kappa shape index (κ2) is 19.5. The fourth-order valence-electron chi connectivity index (χ4n) is 3.80. The van der Waals surface area contributed by atoms with Crippen molar-refractivity contribution in [3.8, 4) is 0 Å². The second-order valence-corrected chi connectivity index (χ2v) is 9.92. The van der Waals surface area contributed by atoms with Gasteiger partial charge in [-0.25, -0.2) is 4.79 Å². The highest BCUT2D eigenvalue weighted by atomic mass is 32.2. The van der Waals surface area contributed by atoms with Crippen LogP contribution in [0.3, 0.4) is 0 Å². The molecule has 1 aliphatic heterocycles. The van der Waals surface area contributed by atoms with Crippen molar-refractivity contribution in [3.63, 3.8) is 0 Å². The van der Waals surface area contributed by atoms with E-state index >= 15 is 0 Å². The molecule has 0 radical (unpaired) electrons. The van der Waals surface area contributed by atoms with Crippen molar-refractivity contribution >= 4 is 17.9 Å². The lowest BCUT2D eigenvalue weighted by Gasteiger charge is -2.33. The number of hydrogen-bond acceptors (Lipinski definition) is 4. The average molecular weight is 430 g/mol. The third kappa shape index (κ3) is 15.1. The Bertz CT molecular complexity index is 379. The molecule has 1 amide bonds. The van der Waals surface area contributed by atoms with Gasteiger partial charge in [-0.1, -0.05) is 103 Å². The smallest absolute Gasteiger partial charge is 0.407 e. The van der Waals surface area contributed by atoms with Gasteiger partial charge in [-0.05, 0) is 12.2 Å². The highest BCUT2D eigenvalue weighted by Gasteiger charge is 2.31. The van der Waals surface area contributed by atoms with Gasteiger partial charge in [0.25, 0.3) is 0 Å². The number of hydrogen-bond donors (Lipinski definition) is 2. The summed E-state index contributed by atoms with van der Waals surface area (Å²) in [5.41, 5.74) is 0. The van der Waals surface area contributed by atoms with E-state index in [1.54, 1.807) is 11.8 Å². The van der Waals surface area contributed by atoms with Crippen molar-refractivity contribution in [2.75, 3.05) is 25.5 Å². The Kier molecular flexibility index (Phi) is 17.9. The van der Waals surface area contributed by atoms with Gasteiger partial charge in [0.05, 0.1) is 0 Å². The van der Waals surface area contributed by atoms with Crippen LogP contribution >= 0.6 is 11.8 Å². The minimum absolute atomic E-state index is 0.196. The van der Waals surface area contributed by atoms with Gasteiger partial charge >= 0.3 is 6.09 Å². The molecule has 1 fully saturated rings. The number of nitrogens with one attached hydrogen (secondary N) is 1. The lowest BCUT2D eigenvalue weighted by Crippen LogP contribution is -2.39. The maximum atomic E-state index is 11.6. The van der Waals surface area contributed by atoms with Crippen LogP contribution in [-0.2, 0) is 4.74 Å². The highest BCUT2D eigenvalue weighted by molar-refractivity contribution is 8.01. The average Bonchev–Trinajstić information content (AvgIpc) is 2.70. The maximum absolute atomic E-state index is 11.6. The topological polar surface area (TPSA) is 58.6 Å². The van der Waals surface area contributed by atoms with E-state index in [0.717, 1.165) is 12.2 Å². The summed E-state index contributed by atoms with van der Waals surface area (Å²) in [6.45, 7) is 3.60. The number of aliphatic hydroxyl groups is 1. The van der Waals surface area contributed by atoms with Crippen molar-refractivity contribution in [3.05, 3.63) is 0 Å². The van der Waals surface area contributed by atoms with Crippen LogP contribution in [0, 0.1) is 5.92 Å². The van der Waals surface area contributed by atoms with E-state index < -0.39 is 0 Å². The summed E-state index contributed by atoms with van der Waals surface area (Å²) >= 11 is 1.77. The van der Waals surface area contributed by atoms with Crippen molar-refractivity contribution < 1.29 is 14.6 Å². The summed E-state index contributed by atoms with van der Waals surface area (Å²) < 4.78 is 5.22. The minimum atomic E-state index is -0.310. The fourth-order valence-corrected chi connectivity index (χ4v) is 4.89. The van der Waals surface area contributed by atoms with Crippen LogP contribution in [0.25, 0.3) is 0 Å². The van der Waals surface area contributed by atoms with Crippen LogP contribution in [0.2, 0.25) is 0 Å².